The maximum Gasteiger partial charge on any atom is 0.312 e. The van der Waals surface area contributed by atoms with Crippen LogP contribution in [-0.2, 0) is 11.3 Å². The first kappa shape index (κ1) is 14.8. The summed E-state index contributed by atoms with van der Waals surface area (Å²) >= 11 is 1.76. The van der Waals surface area contributed by atoms with Crippen molar-refractivity contribution in [2.75, 3.05) is 6.54 Å². The van der Waals surface area contributed by atoms with E-state index in [0.29, 0.717) is 6.54 Å². The quantitative estimate of drug-likeness (QED) is 0.857. The Hall–Kier alpha value is -1.65. The smallest absolute Gasteiger partial charge is 0.312 e. The predicted molar refractivity (Wildman–Crippen MR) is 82.3 cm³/mol. The molecule has 1 aromatic heterocycles. The van der Waals surface area contributed by atoms with Gasteiger partial charge in [-0.15, -0.1) is 11.3 Å². The summed E-state index contributed by atoms with van der Waals surface area (Å²) in [6, 6.07) is 11.5. The van der Waals surface area contributed by atoms with Crippen LogP contribution >= 0.6 is 11.3 Å². The van der Waals surface area contributed by atoms with Crippen molar-refractivity contribution in [3.63, 3.8) is 0 Å². The van der Waals surface area contributed by atoms with Gasteiger partial charge in [0.2, 0.25) is 0 Å². The van der Waals surface area contributed by atoms with Gasteiger partial charge in [0.05, 0.1) is 5.92 Å². The SMILES string of the molecule is Cc1cc(CNCC(C(=O)O)c2ccccc2)sc1C. The van der Waals surface area contributed by atoms with E-state index in [1.165, 1.54) is 15.3 Å². The lowest BCUT2D eigenvalue weighted by Gasteiger charge is -2.13. The van der Waals surface area contributed by atoms with E-state index in [2.05, 4.69) is 25.2 Å². The van der Waals surface area contributed by atoms with E-state index in [-0.39, 0.29) is 0 Å². The van der Waals surface area contributed by atoms with Crippen LogP contribution in [0, 0.1) is 13.8 Å². The largest absolute Gasteiger partial charge is 0.481 e. The van der Waals surface area contributed by atoms with E-state index >= 15 is 0 Å². The zero-order valence-corrected chi connectivity index (χ0v) is 12.5. The molecule has 2 N–H and O–H groups in total. The number of carboxylic acid groups (broad SMARTS) is 1. The molecule has 20 heavy (non-hydrogen) atoms. The Kier molecular flexibility index (Phi) is 4.93. The number of nitrogens with one attached hydrogen (secondary N) is 1. The molecule has 1 heterocycles. The van der Waals surface area contributed by atoms with Crippen LogP contribution in [0.15, 0.2) is 36.4 Å². The molecule has 0 aliphatic heterocycles. The number of carbonyl (C=O) groups is 1. The standard InChI is InChI=1S/C16H19NO2S/c1-11-8-14(20-12(11)2)9-17-10-15(16(18)19)13-6-4-3-5-7-13/h3-8,15,17H,9-10H2,1-2H3,(H,18,19). The maximum atomic E-state index is 11.4. The minimum Gasteiger partial charge on any atom is -0.481 e. The van der Waals surface area contributed by atoms with E-state index in [1.807, 2.05) is 30.3 Å². The Balaban J connectivity index is 1.95. The number of rotatable bonds is 6. The van der Waals surface area contributed by atoms with Gasteiger partial charge in [0.15, 0.2) is 0 Å². The number of hydrogen-bond donors (Lipinski definition) is 2. The molecule has 4 heteroatoms. The fraction of sp³-hybridized carbons (Fsp3) is 0.312. The molecule has 0 aliphatic rings. The molecular weight excluding hydrogens is 270 g/mol. The number of benzene rings is 1. The lowest BCUT2D eigenvalue weighted by atomic mass is 9.99. The Bertz CT molecular complexity index is 558. The number of carboxylic acids is 1. The van der Waals surface area contributed by atoms with Crippen molar-refractivity contribution in [1.29, 1.82) is 0 Å². The fourth-order valence-electron chi connectivity index (χ4n) is 2.11. The first-order chi connectivity index (χ1) is 9.58. The minimum atomic E-state index is -0.790. The molecule has 106 valence electrons. The highest BCUT2D eigenvalue weighted by Gasteiger charge is 2.18. The van der Waals surface area contributed by atoms with Crippen LogP contribution in [-0.4, -0.2) is 17.6 Å². The second-order valence-corrected chi connectivity index (χ2v) is 6.23. The molecular formula is C16H19NO2S. The van der Waals surface area contributed by atoms with Crippen LogP contribution in [0.2, 0.25) is 0 Å². The number of hydrogen-bond acceptors (Lipinski definition) is 3. The fourth-order valence-corrected chi connectivity index (χ4v) is 3.13. The average molecular weight is 289 g/mol. The molecule has 0 spiro atoms. The van der Waals surface area contributed by atoms with Crippen molar-refractivity contribution in [1.82, 2.24) is 5.32 Å². The average Bonchev–Trinajstić information content (AvgIpc) is 2.74. The van der Waals surface area contributed by atoms with E-state index < -0.39 is 11.9 Å². The number of aryl methyl sites for hydroxylation is 2. The van der Waals surface area contributed by atoms with Crippen molar-refractivity contribution < 1.29 is 9.90 Å². The van der Waals surface area contributed by atoms with E-state index in [0.717, 1.165) is 12.1 Å². The number of thiophene rings is 1. The maximum absolute atomic E-state index is 11.4. The Morgan fingerprint density at radius 1 is 1.30 bits per heavy atom. The van der Waals surface area contributed by atoms with Crippen LogP contribution in [0.1, 0.15) is 26.8 Å². The Morgan fingerprint density at radius 2 is 2.00 bits per heavy atom. The summed E-state index contributed by atoms with van der Waals surface area (Å²) < 4.78 is 0. The lowest BCUT2D eigenvalue weighted by molar-refractivity contribution is -0.138. The molecule has 1 aromatic carbocycles. The third-order valence-corrected chi connectivity index (χ3v) is 4.52. The van der Waals surface area contributed by atoms with Crippen molar-refractivity contribution in [2.45, 2.75) is 26.3 Å². The monoisotopic (exact) mass is 289 g/mol. The molecule has 2 rings (SSSR count). The zero-order valence-electron chi connectivity index (χ0n) is 11.7. The topological polar surface area (TPSA) is 49.3 Å². The van der Waals surface area contributed by atoms with Crippen molar-refractivity contribution >= 4 is 17.3 Å². The van der Waals surface area contributed by atoms with Crippen molar-refractivity contribution in [3.05, 3.63) is 57.3 Å². The molecule has 0 amide bonds. The summed E-state index contributed by atoms with van der Waals surface area (Å²) in [6.45, 7) is 5.36. The predicted octanol–water partition coefficient (Wildman–Crippen LogP) is 3.32. The van der Waals surface area contributed by atoms with Crippen molar-refractivity contribution in [3.8, 4) is 0 Å². The van der Waals surface area contributed by atoms with Gasteiger partial charge < -0.3 is 10.4 Å². The molecule has 0 bridgehead atoms. The molecule has 1 unspecified atom stereocenters. The van der Waals surface area contributed by atoms with Crippen LogP contribution in [0.3, 0.4) is 0 Å². The highest BCUT2D eigenvalue weighted by atomic mass is 32.1. The highest BCUT2D eigenvalue weighted by molar-refractivity contribution is 7.12. The molecule has 0 fully saturated rings. The molecule has 0 saturated carbocycles. The van der Waals surface area contributed by atoms with Gasteiger partial charge in [0, 0.05) is 22.8 Å². The Labute approximate surface area is 123 Å². The van der Waals surface area contributed by atoms with Gasteiger partial charge in [-0.05, 0) is 31.0 Å². The first-order valence-electron chi connectivity index (χ1n) is 6.62. The van der Waals surface area contributed by atoms with Gasteiger partial charge in [0.1, 0.15) is 0 Å². The summed E-state index contributed by atoms with van der Waals surface area (Å²) in [5.74, 6) is -1.29. The second-order valence-electron chi connectivity index (χ2n) is 4.88. The third kappa shape index (κ3) is 3.68. The van der Waals surface area contributed by atoms with Gasteiger partial charge in [-0.25, -0.2) is 0 Å². The summed E-state index contributed by atoms with van der Waals surface area (Å²) in [6.07, 6.45) is 0. The summed E-state index contributed by atoms with van der Waals surface area (Å²) in [4.78, 5) is 13.9. The normalized spacial score (nSPS) is 12.3. The molecule has 1 atom stereocenters. The first-order valence-corrected chi connectivity index (χ1v) is 7.44. The van der Waals surface area contributed by atoms with Gasteiger partial charge in [-0.1, -0.05) is 30.3 Å². The van der Waals surface area contributed by atoms with Gasteiger partial charge in [0.25, 0.3) is 0 Å². The Morgan fingerprint density at radius 3 is 2.55 bits per heavy atom. The molecule has 0 saturated heterocycles. The van der Waals surface area contributed by atoms with Crippen molar-refractivity contribution in [2.24, 2.45) is 0 Å². The summed E-state index contributed by atoms with van der Waals surface area (Å²) in [7, 11) is 0. The van der Waals surface area contributed by atoms with Gasteiger partial charge >= 0.3 is 5.97 Å². The third-order valence-electron chi connectivity index (χ3n) is 3.36. The lowest BCUT2D eigenvalue weighted by Crippen LogP contribution is -2.26. The molecule has 0 aliphatic carbocycles. The van der Waals surface area contributed by atoms with Crippen LogP contribution < -0.4 is 5.32 Å². The molecule has 3 nitrogen and oxygen atoms in total. The summed E-state index contributed by atoms with van der Waals surface area (Å²) in [5, 5.41) is 12.6. The van der Waals surface area contributed by atoms with E-state index in [1.54, 1.807) is 11.3 Å². The minimum absolute atomic E-state index is 0.440. The summed E-state index contributed by atoms with van der Waals surface area (Å²) in [5.41, 5.74) is 2.13. The highest BCUT2D eigenvalue weighted by Crippen LogP contribution is 2.21. The van der Waals surface area contributed by atoms with E-state index in [4.69, 9.17) is 0 Å². The van der Waals surface area contributed by atoms with Crippen LogP contribution in [0.25, 0.3) is 0 Å². The van der Waals surface area contributed by atoms with Crippen LogP contribution in [0.5, 0.6) is 0 Å². The molecule has 0 radical (unpaired) electrons. The number of aliphatic carboxylic acids is 1. The van der Waals surface area contributed by atoms with Gasteiger partial charge in [-0.2, -0.15) is 0 Å². The molecule has 2 aromatic rings. The van der Waals surface area contributed by atoms with Gasteiger partial charge in [-0.3, -0.25) is 4.79 Å². The second kappa shape index (κ2) is 6.68. The van der Waals surface area contributed by atoms with E-state index in [9.17, 15) is 9.90 Å². The van der Waals surface area contributed by atoms with Crippen LogP contribution in [0.4, 0.5) is 0 Å². The zero-order chi connectivity index (χ0) is 14.5.